The van der Waals surface area contributed by atoms with Gasteiger partial charge in [-0.3, -0.25) is 0 Å². The molecule has 0 heterocycles. The lowest BCUT2D eigenvalue weighted by atomic mass is 9.76. The molecule has 1 fully saturated rings. The molecule has 0 bridgehead atoms. The lowest BCUT2D eigenvalue weighted by molar-refractivity contribution is -0.275. The van der Waals surface area contributed by atoms with Crippen LogP contribution < -0.4 is 5.32 Å². The summed E-state index contributed by atoms with van der Waals surface area (Å²) < 4.78 is 38.5. The average Bonchev–Trinajstić information content (AvgIpc) is 2.45. The SMILES string of the molecule is CC(O)(C1CCC(NCc2ccccc2)CC1)C(F)(F)F. The molecule has 0 spiro atoms. The Balaban J connectivity index is 1.81. The molecule has 2 rings (SSSR count). The number of rotatable bonds is 4. The molecule has 0 radical (unpaired) electrons. The maximum Gasteiger partial charge on any atom is 0.417 e. The Hall–Kier alpha value is -1.07. The van der Waals surface area contributed by atoms with Crippen molar-refractivity contribution in [3.05, 3.63) is 35.9 Å². The molecule has 118 valence electrons. The van der Waals surface area contributed by atoms with Gasteiger partial charge in [-0.25, -0.2) is 0 Å². The third-order valence-electron chi connectivity index (χ3n) is 4.53. The van der Waals surface area contributed by atoms with Crippen molar-refractivity contribution in [2.75, 3.05) is 0 Å². The van der Waals surface area contributed by atoms with E-state index in [1.165, 1.54) is 5.56 Å². The number of hydrogen-bond acceptors (Lipinski definition) is 2. The summed E-state index contributed by atoms with van der Waals surface area (Å²) in [7, 11) is 0. The standard InChI is InChI=1S/C16H22F3NO/c1-15(21,16(17,18)19)13-7-9-14(10-8-13)20-11-12-5-3-2-4-6-12/h2-6,13-14,20-21H,7-11H2,1H3. The number of benzene rings is 1. The van der Waals surface area contributed by atoms with E-state index in [9.17, 15) is 18.3 Å². The molecular formula is C16H22F3NO. The fourth-order valence-corrected chi connectivity index (χ4v) is 2.95. The van der Waals surface area contributed by atoms with Gasteiger partial charge < -0.3 is 10.4 Å². The van der Waals surface area contributed by atoms with Crippen LogP contribution in [0.15, 0.2) is 30.3 Å². The Morgan fingerprint density at radius 3 is 2.19 bits per heavy atom. The lowest BCUT2D eigenvalue weighted by Crippen LogP contribution is -2.50. The van der Waals surface area contributed by atoms with Gasteiger partial charge in [-0.15, -0.1) is 0 Å². The summed E-state index contributed by atoms with van der Waals surface area (Å²) in [5, 5.41) is 13.1. The summed E-state index contributed by atoms with van der Waals surface area (Å²) in [5.74, 6) is -0.702. The van der Waals surface area contributed by atoms with Crippen molar-refractivity contribution in [2.45, 2.75) is 57.0 Å². The molecule has 0 saturated heterocycles. The highest BCUT2D eigenvalue weighted by molar-refractivity contribution is 5.14. The first-order chi connectivity index (χ1) is 9.80. The van der Waals surface area contributed by atoms with Gasteiger partial charge in [-0.2, -0.15) is 13.2 Å². The molecular weight excluding hydrogens is 279 g/mol. The molecule has 1 saturated carbocycles. The minimum Gasteiger partial charge on any atom is -0.380 e. The van der Waals surface area contributed by atoms with Crippen molar-refractivity contribution < 1.29 is 18.3 Å². The molecule has 1 aliphatic carbocycles. The second-order valence-corrected chi connectivity index (χ2v) is 6.06. The van der Waals surface area contributed by atoms with E-state index in [-0.39, 0.29) is 6.04 Å². The van der Waals surface area contributed by atoms with Crippen LogP contribution in [-0.4, -0.2) is 22.9 Å². The molecule has 21 heavy (non-hydrogen) atoms. The van der Waals surface area contributed by atoms with Gasteiger partial charge in [0.15, 0.2) is 5.60 Å². The largest absolute Gasteiger partial charge is 0.417 e. The van der Waals surface area contributed by atoms with E-state index in [4.69, 9.17) is 0 Å². The van der Waals surface area contributed by atoms with Crippen LogP contribution in [0.2, 0.25) is 0 Å². The first kappa shape index (κ1) is 16.3. The molecule has 0 aliphatic heterocycles. The molecule has 1 aromatic carbocycles. The summed E-state index contributed by atoms with van der Waals surface area (Å²) in [6.45, 7) is 1.63. The maximum atomic E-state index is 12.8. The van der Waals surface area contributed by atoms with Gasteiger partial charge in [0.1, 0.15) is 0 Å². The van der Waals surface area contributed by atoms with Crippen LogP contribution in [-0.2, 0) is 6.54 Å². The van der Waals surface area contributed by atoms with Crippen LogP contribution in [0, 0.1) is 5.92 Å². The van der Waals surface area contributed by atoms with E-state index in [1.54, 1.807) is 0 Å². The van der Waals surface area contributed by atoms with E-state index >= 15 is 0 Å². The highest BCUT2D eigenvalue weighted by atomic mass is 19.4. The summed E-state index contributed by atoms with van der Waals surface area (Å²) in [6.07, 6.45) is -2.41. The normalized spacial score (nSPS) is 26.3. The van der Waals surface area contributed by atoms with Gasteiger partial charge in [-0.1, -0.05) is 30.3 Å². The smallest absolute Gasteiger partial charge is 0.380 e. The fourth-order valence-electron chi connectivity index (χ4n) is 2.95. The molecule has 2 N–H and O–H groups in total. The molecule has 0 aromatic heterocycles. The van der Waals surface area contributed by atoms with Crippen molar-refractivity contribution in [1.82, 2.24) is 5.32 Å². The number of alkyl halides is 3. The maximum absolute atomic E-state index is 12.8. The lowest BCUT2D eigenvalue weighted by Gasteiger charge is -2.39. The van der Waals surface area contributed by atoms with Gasteiger partial charge in [0.2, 0.25) is 0 Å². The van der Waals surface area contributed by atoms with Gasteiger partial charge >= 0.3 is 6.18 Å². The van der Waals surface area contributed by atoms with Crippen molar-refractivity contribution >= 4 is 0 Å². The fraction of sp³-hybridized carbons (Fsp3) is 0.625. The summed E-state index contributed by atoms with van der Waals surface area (Å²) >= 11 is 0. The molecule has 1 aliphatic rings. The van der Waals surface area contributed by atoms with Gasteiger partial charge in [-0.05, 0) is 44.1 Å². The zero-order valence-electron chi connectivity index (χ0n) is 12.2. The molecule has 1 aromatic rings. The second kappa shape index (κ2) is 6.36. The Kier molecular flexibility index (Phi) is 4.94. The Morgan fingerprint density at radius 2 is 1.67 bits per heavy atom. The van der Waals surface area contributed by atoms with Crippen LogP contribution >= 0.6 is 0 Å². The zero-order valence-corrected chi connectivity index (χ0v) is 12.2. The number of aliphatic hydroxyl groups is 1. The van der Waals surface area contributed by atoms with Gasteiger partial charge in [0.05, 0.1) is 0 Å². The molecule has 1 atom stereocenters. The molecule has 1 unspecified atom stereocenters. The second-order valence-electron chi connectivity index (χ2n) is 6.06. The third kappa shape index (κ3) is 3.98. The highest BCUT2D eigenvalue weighted by Gasteiger charge is 2.54. The minimum absolute atomic E-state index is 0.227. The van der Waals surface area contributed by atoms with E-state index in [0.717, 1.165) is 13.5 Å². The van der Waals surface area contributed by atoms with Gasteiger partial charge in [0, 0.05) is 12.6 Å². The summed E-state index contributed by atoms with van der Waals surface area (Å²) in [6, 6.07) is 10.2. The van der Waals surface area contributed by atoms with E-state index < -0.39 is 17.7 Å². The summed E-state index contributed by atoms with van der Waals surface area (Å²) in [4.78, 5) is 0. The van der Waals surface area contributed by atoms with Gasteiger partial charge in [0.25, 0.3) is 0 Å². The monoisotopic (exact) mass is 301 g/mol. The van der Waals surface area contributed by atoms with Crippen molar-refractivity contribution in [3.63, 3.8) is 0 Å². The first-order valence-electron chi connectivity index (χ1n) is 7.37. The molecule has 0 amide bonds. The van der Waals surface area contributed by atoms with Crippen molar-refractivity contribution in [1.29, 1.82) is 0 Å². The van der Waals surface area contributed by atoms with Crippen LogP contribution in [0.3, 0.4) is 0 Å². The van der Waals surface area contributed by atoms with E-state index in [1.807, 2.05) is 30.3 Å². The van der Waals surface area contributed by atoms with E-state index in [2.05, 4.69) is 5.32 Å². The molecule has 2 nitrogen and oxygen atoms in total. The highest BCUT2D eigenvalue weighted by Crippen LogP contribution is 2.42. The number of hydrogen-bond donors (Lipinski definition) is 2. The van der Waals surface area contributed by atoms with Crippen LogP contribution in [0.1, 0.15) is 38.2 Å². The Labute approximate surface area is 123 Å². The van der Waals surface area contributed by atoms with E-state index in [0.29, 0.717) is 25.7 Å². The van der Waals surface area contributed by atoms with Crippen molar-refractivity contribution in [3.8, 4) is 0 Å². The topological polar surface area (TPSA) is 32.3 Å². The predicted octanol–water partition coefficient (Wildman–Crippen LogP) is 3.65. The summed E-state index contributed by atoms with van der Waals surface area (Å²) in [5.41, 5.74) is -1.40. The average molecular weight is 301 g/mol. The molecule has 5 heteroatoms. The van der Waals surface area contributed by atoms with Crippen LogP contribution in [0.5, 0.6) is 0 Å². The zero-order chi connectivity index (χ0) is 15.5. The van der Waals surface area contributed by atoms with Crippen LogP contribution in [0.4, 0.5) is 13.2 Å². The number of halogens is 3. The Morgan fingerprint density at radius 1 is 1.10 bits per heavy atom. The minimum atomic E-state index is -4.55. The third-order valence-corrected chi connectivity index (χ3v) is 4.53. The van der Waals surface area contributed by atoms with Crippen molar-refractivity contribution in [2.24, 2.45) is 5.92 Å². The predicted molar refractivity (Wildman–Crippen MR) is 75.7 cm³/mol. The quantitative estimate of drug-likeness (QED) is 0.890. The number of nitrogens with one attached hydrogen (secondary N) is 1. The van der Waals surface area contributed by atoms with Crippen LogP contribution in [0.25, 0.3) is 0 Å². The Bertz CT molecular complexity index is 437. The first-order valence-corrected chi connectivity index (χ1v) is 7.37.